The van der Waals surface area contributed by atoms with Gasteiger partial charge in [0.15, 0.2) is 11.5 Å². The lowest BCUT2D eigenvalue weighted by Crippen LogP contribution is -2.27. The smallest absolute Gasteiger partial charge is 0.244 e. The van der Waals surface area contributed by atoms with Gasteiger partial charge in [0.2, 0.25) is 5.91 Å². The fourth-order valence-corrected chi connectivity index (χ4v) is 2.48. The molecule has 1 N–H and O–H groups in total. The summed E-state index contributed by atoms with van der Waals surface area (Å²) in [6, 6.07) is 5.63. The Balaban J connectivity index is 2.57. The van der Waals surface area contributed by atoms with E-state index in [1.54, 1.807) is 19.3 Å². The van der Waals surface area contributed by atoms with Crippen molar-refractivity contribution >= 4 is 12.0 Å². The Labute approximate surface area is 146 Å². The third kappa shape index (κ3) is 7.07. The van der Waals surface area contributed by atoms with Gasteiger partial charge in [0.1, 0.15) is 0 Å². The van der Waals surface area contributed by atoms with Crippen molar-refractivity contribution in [1.82, 2.24) is 5.32 Å². The molecular formula is C20H31NO3. The van der Waals surface area contributed by atoms with Gasteiger partial charge in [-0.3, -0.25) is 4.79 Å². The molecular weight excluding hydrogens is 302 g/mol. The standard InChI is InChI=1S/C20H31NO3/c1-5-8-9-16(6-2)15-21-20(22)13-11-17-10-12-18(24-7-3)19(14-17)23-4/h10-14,16H,5-9,15H2,1-4H3,(H,21,22)/b13-11+. The summed E-state index contributed by atoms with van der Waals surface area (Å²) >= 11 is 0. The Kier molecular flexibility index (Phi) is 9.66. The molecule has 1 amide bonds. The first-order valence-corrected chi connectivity index (χ1v) is 8.91. The average molecular weight is 333 g/mol. The maximum atomic E-state index is 12.0. The van der Waals surface area contributed by atoms with Crippen LogP contribution in [0, 0.1) is 5.92 Å². The van der Waals surface area contributed by atoms with Gasteiger partial charge in [-0.15, -0.1) is 0 Å². The molecule has 0 saturated carbocycles. The Morgan fingerprint density at radius 3 is 2.67 bits per heavy atom. The molecule has 0 heterocycles. The molecule has 0 spiro atoms. The molecule has 0 saturated heterocycles. The van der Waals surface area contributed by atoms with Crippen molar-refractivity contribution < 1.29 is 14.3 Å². The fourth-order valence-electron chi connectivity index (χ4n) is 2.48. The molecule has 0 aliphatic heterocycles. The monoisotopic (exact) mass is 333 g/mol. The number of carbonyl (C=O) groups excluding carboxylic acids is 1. The first-order valence-electron chi connectivity index (χ1n) is 8.91. The predicted molar refractivity (Wildman–Crippen MR) is 99.5 cm³/mol. The molecule has 1 unspecified atom stereocenters. The van der Waals surface area contributed by atoms with E-state index in [0.717, 1.165) is 18.5 Å². The normalized spacial score (nSPS) is 12.2. The molecule has 0 bridgehead atoms. The van der Waals surface area contributed by atoms with E-state index in [2.05, 4.69) is 19.2 Å². The lowest BCUT2D eigenvalue weighted by molar-refractivity contribution is -0.116. The van der Waals surface area contributed by atoms with Crippen molar-refractivity contribution in [3.05, 3.63) is 29.8 Å². The van der Waals surface area contributed by atoms with E-state index in [0.29, 0.717) is 24.0 Å². The summed E-state index contributed by atoms with van der Waals surface area (Å²) in [6.45, 7) is 7.63. The van der Waals surface area contributed by atoms with Crippen LogP contribution in [0.2, 0.25) is 0 Å². The number of amides is 1. The molecule has 0 aliphatic carbocycles. The van der Waals surface area contributed by atoms with Crippen molar-refractivity contribution in [2.75, 3.05) is 20.3 Å². The number of carbonyl (C=O) groups is 1. The van der Waals surface area contributed by atoms with Crippen LogP contribution in [0.5, 0.6) is 11.5 Å². The van der Waals surface area contributed by atoms with Gasteiger partial charge in [0.25, 0.3) is 0 Å². The highest BCUT2D eigenvalue weighted by Gasteiger charge is 2.07. The number of hydrogen-bond donors (Lipinski definition) is 1. The van der Waals surface area contributed by atoms with Gasteiger partial charge < -0.3 is 14.8 Å². The second kappa shape index (κ2) is 11.5. The van der Waals surface area contributed by atoms with Crippen LogP contribution in [0.3, 0.4) is 0 Å². The highest BCUT2D eigenvalue weighted by Crippen LogP contribution is 2.28. The van der Waals surface area contributed by atoms with Crippen LogP contribution in [0.25, 0.3) is 6.08 Å². The second-order valence-corrected chi connectivity index (χ2v) is 5.84. The summed E-state index contributed by atoms with van der Waals surface area (Å²) in [4.78, 5) is 12.0. The van der Waals surface area contributed by atoms with Crippen LogP contribution in [0.1, 0.15) is 52.0 Å². The SMILES string of the molecule is CCCCC(CC)CNC(=O)/C=C/c1ccc(OCC)c(OC)c1. The van der Waals surface area contributed by atoms with Gasteiger partial charge in [0.05, 0.1) is 13.7 Å². The van der Waals surface area contributed by atoms with Crippen molar-refractivity contribution in [1.29, 1.82) is 0 Å². The Hall–Kier alpha value is -1.97. The zero-order chi connectivity index (χ0) is 17.8. The Morgan fingerprint density at radius 2 is 2.04 bits per heavy atom. The Bertz CT molecular complexity index is 526. The molecule has 0 aromatic heterocycles. The maximum Gasteiger partial charge on any atom is 0.244 e. The zero-order valence-corrected chi connectivity index (χ0v) is 15.4. The average Bonchev–Trinajstić information content (AvgIpc) is 2.61. The third-order valence-corrected chi connectivity index (χ3v) is 4.02. The molecule has 1 aromatic rings. The lowest BCUT2D eigenvalue weighted by atomic mass is 9.99. The van der Waals surface area contributed by atoms with Crippen LogP contribution in [0.4, 0.5) is 0 Å². The minimum absolute atomic E-state index is 0.0576. The molecule has 4 heteroatoms. The van der Waals surface area contributed by atoms with Gasteiger partial charge in [0, 0.05) is 12.6 Å². The van der Waals surface area contributed by atoms with Gasteiger partial charge >= 0.3 is 0 Å². The lowest BCUT2D eigenvalue weighted by Gasteiger charge is -2.14. The molecule has 4 nitrogen and oxygen atoms in total. The predicted octanol–water partition coefficient (Wildman–Crippen LogP) is 4.44. The first-order chi connectivity index (χ1) is 11.6. The van der Waals surface area contributed by atoms with Crippen LogP contribution in [-0.4, -0.2) is 26.2 Å². The second-order valence-electron chi connectivity index (χ2n) is 5.84. The molecule has 134 valence electrons. The topological polar surface area (TPSA) is 47.6 Å². The van der Waals surface area contributed by atoms with E-state index in [9.17, 15) is 4.79 Å². The summed E-state index contributed by atoms with van der Waals surface area (Å²) in [5, 5.41) is 2.99. The number of methoxy groups -OCH3 is 1. The highest BCUT2D eigenvalue weighted by atomic mass is 16.5. The molecule has 1 aromatic carbocycles. The summed E-state index contributed by atoms with van der Waals surface area (Å²) in [7, 11) is 1.61. The van der Waals surface area contributed by atoms with Crippen molar-refractivity contribution in [2.45, 2.75) is 46.5 Å². The Morgan fingerprint density at radius 1 is 1.25 bits per heavy atom. The van der Waals surface area contributed by atoms with Gasteiger partial charge in [-0.2, -0.15) is 0 Å². The number of ether oxygens (including phenoxy) is 2. The highest BCUT2D eigenvalue weighted by molar-refractivity contribution is 5.91. The van der Waals surface area contributed by atoms with Crippen LogP contribution in [0.15, 0.2) is 24.3 Å². The van der Waals surface area contributed by atoms with Crippen LogP contribution < -0.4 is 14.8 Å². The van der Waals surface area contributed by atoms with Gasteiger partial charge in [-0.25, -0.2) is 0 Å². The summed E-state index contributed by atoms with van der Waals surface area (Å²) in [6.07, 6.45) is 8.05. The van der Waals surface area contributed by atoms with E-state index in [-0.39, 0.29) is 5.91 Å². The third-order valence-electron chi connectivity index (χ3n) is 4.02. The van der Waals surface area contributed by atoms with E-state index in [4.69, 9.17) is 9.47 Å². The largest absolute Gasteiger partial charge is 0.493 e. The molecule has 0 fully saturated rings. The maximum absolute atomic E-state index is 12.0. The van der Waals surface area contributed by atoms with Gasteiger partial charge in [-0.1, -0.05) is 39.2 Å². The molecule has 0 radical (unpaired) electrons. The minimum Gasteiger partial charge on any atom is -0.493 e. The summed E-state index contributed by atoms with van der Waals surface area (Å²) < 4.78 is 10.8. The summed E-state index contributed by atoms with van der Waals surface area (Å²) in [5.74, 6) is 1.89. The van der Waals surface area contributed by atoms with E-state index >= 15 is 0 Å². The first kappa shape index (κ1) is 20.1. The molecule has 24 heavy (non-hydrogen) atoms. The van der Waals surface area contributed by atoms with Crippen LogP contribution in [-0.2, 0) is 4.79 Å². The number of nitrogens with one attached hydrogen (secondary N) is 1. The van der Waals surface area contributed by atoms with Crippen LogP contribution >= 0.6 is 0 Å². The zero-order valence-electron chi connectivity index (χ0n) is 15.4. The molecule has 1 atom stereocenters. The summed E-state index contributed by atoms with van der Waals surface area (Å²) in [5.41, 5.74) is 0.906. The number of unbranched alkanes of at least 4 members (excludes halogenated alkanes) is 1. The van der Waals surface area contributed by atoms with E-state index in [1.807, 2.05) is 25.1 Å². The van der Waals surface area contributed by atoms with Gasteiger partial charge in [-0.05, 0) is 43.0 Å². The quantitative estimate of drug-likeness (QED) is 0.609. The van der Waals surface area contributed by atoms with E-state index in [1.165, 1.54) is 19.3 Å². The number of hydrogen-bond acceptors (Lipinski definition) is 3. The fraction of sp³-hybridized carbons (Fsp3) is 0.550. The van der Waals surface area contributed by atoms with Crippen molar-refractivity contribution in [2.24, 2.45) is 5.92 Å². The molecule has 0 aliphatic rings. The number of rotatable bonds is 11. The van der Waals surface area contributed by atoms with Crippen molar-refractivity contribution in [3.63, 3.8) is 0 Å². The van der Waals surface area contributed by atoms with Crippen molar-refractivity contribution in [3.8, 4) is 11.5 Å². The minimum atomic E-state index is -0.0576. The number of benzene rings is 1. The van der Waals surface area contributed by atoms with E-state index < -0.39 is 0 Å². The molecule has 1 rings (SSSR count).